The maximum absolute atomic E-state index is 10.4. The third-order valence-corrected chi connectivity index (χ3v) is 2.14. The van der Waals surface area contributed by atoms with Crippen molar-refractivity contribution >= 4 is 24.4 Å². The zero-order valence-electron chi connectivity index (χ0n) is 8.18. The van der Waals surface area contributed by atoms with Gasteiger partial charge in [-0.3, -0.25) is 9.79 Å². The van der Waals surface area contributed by atoms with Gasteiger partial charge in [-0.25, -0.2) is 0 Å². The van der Waals surface area contributed by atoms with Crippen LogP contribution in [0.25, 0.3) is 0 Å². The molecule has 0 saturated heterocycles. The fourth-order valence-corrected chi connectivity index (χ4v) is 1.24. The van der Waals surface area contributed by atoms with Crippen LogP contribution in [-0.4, -0.2) is 34.7 Å². The topological polar surface area (TPSA) is 102 Å². The molecule has 0 unspecified atom stereocenters. The molecular formula is C8H17N3O2S. The Balaban J connectivity index is 3.70. The minimum atomic E-state index is -0.998. The first kappa shape index (κ1) is 13.2. The van der Waals surface area contributed by atoms with E-state index in [0.29, 0.717) is 25.2 Å². The SMILES string of the molecule is CC(N)=NCC[C@H](S)C[C@H](N)C(=O)O. The van der Waals surface area contributed by atoms with Gasteiger partial charge < -0.3 is 16.6 Å². The van der Waals surface area contributed by atoms with Crippen LogP contribution >= 0.6 is 12.6 Å². The van der Waals surface area contributed by atoms with Crippen LogP contribution in [0.4, 0.5) is 0 Å². The van der Waals surface area contributed by atoms with Crippen molar-refractivity contribution in [2.75, 3.05) is 6.54 Å². The van der Waals surface area contributed by atoms with Crippen LogP contribution in [0.3, 0.4) is 0 Å². The van der Waals surface area contributed by atoms with Crippen molar-refractivity contribution in [2.24, 2.45) is 16.5 Å². The Kier molecular flexibility index (Phi) is 6.31. The van der Waals surface area contributed by atoms with Crippen LogP contribution in [0.1, 0.15) is 19.8 Å². The van der Waals surface area contributed by atoms with Gasteiger partial charge in [-0.1, -0.05) is 0 Å². The zero-order chi connectivity index (χ0) is 11.1. The maximum Gasteiger partial charge on any atom is 0.320 e. The smallest absolute Gasteiger partial charge is 0.320 e. The molecule has 2 atom stereocenters. The Morgan fingerprint density at radius 2 is 2.21 bits per heavy atom. The summed E-state index contributed by atoms with van der Waals surface area (Å²) in [5, 5.41) is 8.49. The van der Waals surface area contributed by atoms with Gasteiger partial charge in [0.2, 0.25) is 0 Å². The van der Waals surface area contributed by atoms with Crippen LogP contribution < -0.4 is 11.5 Å². The molecule has 0 saturated carbocycles. The summed E-state index contributed by atoms with van der Waals surface area (Å²) < 4.78 is 0. The van der Waals surface area contributed by atoms with Gasteiger partial charge in [-0.2, -0.15) is 12.6 Å². The van der Waals surface area contributed by atoms with E-state index in [1.54, 1.807) is 6.92 Å². The number of carboxylic acid groups (broad SMARTS) is 1. The summed E-state index contributed by atoms with van der Waals surface area (Å²) >= 11 is 4.21. The summed E-state index contributed by atoms with van der Waals surface area (Å²) in [5.41, 5.74) is 10.7. The number of nitrogens with two attached hydrogens (primary N) is 2. The molecule has 6 heteroatoms. The highest BCUT2D eigenvalue weighted by Gasteiger charge is 2.15. The molecule has 0 radical (unpaired) electrons. The molecule has 0 bridgehead atoms. The van der Waals surface area contributed by atoms with Gasteiger partial charge in [0.15, 0.2) is 0 Å². The van der Waals surface area contributed by atoms with Crippen molar-refractivity contribution in [3.63, 3.8) is 0 Å². The van der Waals surface area contributed by atoms with Crippen LogP contribution in [0.5, 0.6) is 0 Å². The summed E-state index contributed by atoms with van der Waals surface area (Å²) in [5.74, 6) is -0.476. The van der Waals surface area contributed by atoms with E-state index in [1.807, 2.05) is 0 Å². The molecule has 0 aliphatic carbocycles. The second-order valence-electron chi connectivity index (χ2n) is 3.15. The van der Waals surface area contributed by atoms with Gasteiger partial charge in [0.25, 0.3) is 0 Å². The lowest BCUT2D eigenvalue weighted by Gasteiger charge is -2.11. The average Bonchev–Trinajstić information content (AvgIpc) is 2.02. The molecule has 0 aliphatic rings. The molecular weight excluding hydrogens is 202 g/mol. The summed E-state index contributed by atoms with van der Waals surface area (Å²) in [6.07, 6.45) is 1.02. The number of rotatable bonds is 6. The number of thiol groups is 1. The standard InChI is InChI=1S/C8H17N3O2S/c1-5(9)11-3-2-6(14)4-7(10)8(12)13/h6-7,14H,2-4,10H2,1H3,(H2,9,11)(H,12,13)/t6-,7-/m0/s1. The van der Waals surface area contributed by atoms with Gasteiger partial charge >= 0.3 is 5.97 Å². The van der Waals surface area contributed by atoms with Gasteiger partial charge in [0.1, 0.15) is 6.04 Å². The molecule has 0 aromatic carbocycles. The first-order valence-corrected chi connectivity index (χ1v) is 4.88. The minimum Gasteiger partial charge on any atom is -0.480 e. The Morgan fingerprint density at radius 1 is 1.64 bits per heavy atom. The number of nitrogens with zero attached hydrogens (tertiary/aromatic N) is 1. The lowest BCUT2D eigenvalue weighted by atomic mass is 10.1. The van der Waals surface area contributed by atoms with Crippen molar-refractivity contribution in [1.29, 1.82) is 0 Å². The van der Waals surface area contributed by atoms with Crippen LogP contribution in [0.2, 0.25) is 0 Å². The maximum atomic E-state index is 10.4. The van der Waals surface area contributed by atoms with Crippen LogP contribution in [0, 0.1) is 0 Å². The Morgan fingerprint density at radius 3 is 2.64 bits per heavy atom. The van der Waals surface area contributed by atoms with E-state index in [9.17, 15) is 4.79 Å². The molecule has 0 rings (SSSR count). The quantitative estimate of drug-likeness (QED) is 0.283. The minimum absolute atomic E-state index is 0.0517. The Labute approximate surface area is 89.0 Å². The summed E-state index contributed by atoms with van der Waals surface area (Å²) in [7, 11) is 0. The Bertz CT molecular complexity index is 217. The number of aliphatic carboxylic acids is 1. The average molecular weight is 219 g/mol. The number of hydrogen-bond acceptors (Lipinski definition) is 4. The second kappa shape index (κ2) is 6.67. The van der Waals surface area contributed by atoms with E-state index in [4.69, 9.17) is 16.6 Å². The first-order valence-electron chi connectivity index (χ1n) is 4.36. The highest BCUT2D eigenvalue weighted by molar-refractivity contribution is 7.80. The number of carbonyl (C=O) groups is 1. The van der Waals surface area contributed by atoms with E-state index in [0.717, 1.165) is 0 Å². The predicted molar refractivity (Wildman–Crippen MR) is 59.8 cm³/mol. The van der Waals surface area contributed by atoms with E-state index in [1.165, 1.54) is 0 Å². The lowest BCUT2D eigenvalue weighted by molar-refractivity contribution is -0.138. The van der Waals surface area contributed by atoms with Crippen LogP contribution in [0.15, 0.2) is 4.99 Å². The highest BCUT2D eigenvalue weighted by Crippen LogP contribution is 2.08. The van der Waals surface area contributed by atoms with Crippen LogP contribution in [-0.2, 0) is 4.79 Å². The van der Waals surface area contributed by atoms with E-state index >= 15 is 0 Å². The molecule has 0 aromatic rings. The number of hydrogen-bond donors (Lipinski definition) is 4. The van der Waals surface area contributed by atoms with Crippen molar-refractivity contribution in [1.82, 2.24) is 0 Å². The van der Waals surface area contributed by atoms with Gasteiger partial charge in [-0.05, 0) is 19.8 Å². The van der Waals surface area contributed by atoms with E-state index < -0.39 is 12.0 Å². The highest BCUT2D eigenvalue weighted by atomic mass is 32.1. The molecule has 0 fully saturated rings. The van der Waals surface area contributed by atoms with Gasteiger partial charge in [0.05, 0.1) is 5.84 Å². The Hall–Kier alpha value is -0.750. The summed E-state index contributed by atoms with van der Waals surface area (Å²) in [6, 6.07) is -0.847. The number of amidine groups is 1. The third-order valence-electron chi connectivity index (χ3n) is 1.67. The molecule has 0 heterocycles. The zero-order valence-corrected chi connectivity index (χ0v) is 9.08. The van der Waals surface area contributed by atoms with E-state index in [2.05, 4.69) is 17.6 Å². The monoisotopic (exact) mass is 219 g/mol. The molecule has 14 heavy (non-hydrogen) atoms. The molecule has 82 valence electrons. The molecule has 0 spiro atoms. The summed E-state index contributed by atoms with van der Waals surface area (Å²) in [6.45, 7) is 2.26. The van der Waals surface area contributed by atoms with Crippen molar-refractivity contribution in [3.05, 3.63) is 0 Å². The first-order chi connectivity index (χ1) is 6.43. The van der Waals surface area contributed by atoms with Crippen molar-refractivity contribution < 1.29 is 9.90 Å². The second-order valence-corrected chi connectivity index (χ2v) is 3.88. The fourth-order valence-electron chi connectivity index (χ4n) is 0.902. The van der Waals surface area contributed by atoms with Gasteiger partial charge in [-0.15, -0.1) is 0 Å². The van der Waals surface area contributed by atoms with Crippen molar-refractivity contribution in [3.8, 4) is 0 Å². The number of aliphatic imine (C=N–C) groups is 1. The molecule has 0 aromatic heterocycles. The molecule has 5 N–H and O–H groups in total. The summed E-state index contributed by atoms with van der Waals surface area (Å²) in [4.78, 5) is 14.4. The third kappa shape index (κ3) is 6.73. The largest absolute Gasteiger partial charge is 0.480 e. The van der Waals surface area contributed by atoms with E-state index in [-0.39, 0.29) is 5.25 Å². The fraction of sp³-hybridized carbons (Fsp3) is 0.750. The molecule has 5 nitrogen and oxygen atoms in total. The van der Waals surface area contributed by atoms with Crippen molar-refractivity contribution in [2.45, 2.75) is 31.1 Å². The molecule has 0 aliphatic heterocycles. The lowest BCUT2D eigenvalue weighted by Crippen LogP contribution is -2.32. The van der Waals surface area contributed by atoms with Gasteiger partial charge in [0, 0.05) is 11.8 Å². The predicted octanol–water partition coefficient (Wildman–Crippen LogP) is -0.146. The molecule has 0 amide bonds. The normalized spacial score (nSPS) is 16.4. The number of carboxylic acids is 1.